The lowest BCUT2D eigenvalue weighted by atomic mass is 10.1. The molecule has 1 aliphatic heterocycles. The van der Waals surface area contributed by atoms with Crippen LogP contribution < -0.4 is 4.74 Å². The average molecular weight is 218 g/mol. The number of ether oxygens (including phenoxy) is 2. The Hall–Kier alpha value is -1.60. The lowest BCUT2D eigenvalue weighted by Crippen LogP contribution is -2.25. The van der Waals surface area contributed by atoms with Crippen molar-refractivity contribution in [3.63, 3.8) is 0 Å². The highest BCUT2D eigenvalue weighted by Crippen LogP contribution is 2.15. The second kappa shape index (κ2) is 5.47. The Morgan fingerprint density at radius 2 is 2.50 bits per heavy atom. The molecule has 0 radical (unpaired) electrons. The lowest BCUT2D eigenvalue weighted by molar-refractivity contribution is -0.0119. The van der Waals surface area contributed by atoms with Gasteiger partial charge in [0.25, 0.3) is 0 Å². The van der Waals surface area contributed by atoms with E-state index in [4.69, 9.17) is 14.7 Å². The van der Waals surface area contributed by atoms with Crippen molar-refractivity contribution in [2.75, 3.05) is 13.2 Å². The molecule has 4 nitrogen and oxygen atoms in total. The Balaban J connectivity index is 1.86. The van der Waals surface area contributed by atoms with Crippen molar-refractivity contribution in [1.82, 2.24) is 4.98 Å². The molecule has 0 aromatic carbocycles. The van der Waals surface area contributed by atoms with Crippen molar-refractivity contribution in [1.29, 1.82) is 5.26 Å². The van der Waals surface area contributed by atoms with Crippen LogP contribution in [-0.2, 0) is 4.74 Å². The van der Waals surface area contributed by atoms with E-state index in [1.165, 1.54) is 6.42 Å². The van der Waals surface area contributed by atoms with Gasteiger partial charge in [0.05, 0.1) is 17.7 Å². The summed E-state index contributed by atoms with van der Waals surface area (Å²) in [7, 11) is 0. The van der Waals surface area contributed by atoms with Crippen molar-refractivity contribution < 1.29 is 9.47 Å². The van der Waals surface area contributed by atoms with Crippen LogP contribution in [0.3, 0.4) is 0 Å². The molecule has 2 rings (SSSR count). The first-order valence-corrected chi connectivity index (χ1v) is 5.49. The van der Waals surface area contributed by atoms with E-state index >= 15 is 0 Å². The first kappa shape index (κ1) is 10.9. The summed E-state index contributed by atoms with van der Waals surface area (Å²) in [6.07, 6.45) is 5.12. The maximum atomic E-state index is 8.72. The molecular formula is C12H14N2O2. The second-order valence-corrected chi connectivity index (χ2v) is 3.79. The third kappa shape index (κ3) is 2.94. The van der Waals surface area contributed by atoms with Gasteiger partial charge in [-0.1, -0.05) is 0 Å². The van der Waals surface area contributed by atoms with Gasteiger partial charge in [0.15, 0.2) is 0 Å². The summed E-state index contributed by atoms with van der Waals surface area (Å²) in [5.74, 6) is 0.494. The fourth-order valence-corrected chi connectivity index (χ4v) is 1.68. The predicted molar refractivity (Wildman–Crippen MR) is 58.0 cm³/mol. The highest BCUT2D eigenvalue weighted by molar-refractivity contribution is 5.31. The molecule has 0 saturated carbocycles. The van der Waals surface area contributed by atoms with E-state index in [9.17, 15) is 0 Å². The molecule has 0 amide bonds. The Morgan fingerprint density at radius 1 is 1.56 bits per heavy atom. The fourth-order valence-electron chi connectivity index (χ4n) is 1.68. The zero-order valence-corrected chi connectivity index (χ0v) is 9.06. The number of rotatable bonds is 3. The number of pyridine rings is 1. The maximum absolute atomic E-state index is 8.72. The van der Waals surface area contributed by atoms with Gasteiger partial charge < -0.3 is 9.47 Å². The van der Waals surface area contributed by atoms with Crippen LogP contribution in [0.4, 0.5) is 0 Å². The van der Waals surface area contributed by atoms with E-state index in [-0.39, 0.29) is 6.10 Å². The maximum Gasteiger partial charge on any atom is 0.214 e. The summed E-state index contributed by atoms with van der Waals surface area (Å²) in [5, 5.41) is 8.72. The van der Waals surface area contributed by atoms with Gasteiger partial charge >= 0.3 is 0 Å². The van der Waals surface area contributed by atoms with E-state index in [1.807, 2.05) is 0 Å². The second-order valence-electron chi connectivity index (χ2n) is 3.79. The van der Waals surface area contributed by atoms with Gasteiger partial charge in [-0.25, -0.2) is 4.98 Å². The summed E-state index contributed by atoms with van der Waals surface area (Å²) in [6.45, 7) is 1.33. The summed E-state index contributed by atoms with van der Waals surface area (Å²) < 4.78 is 11.0. The molecule has 2 heterocycles. The highest BCUT2D eigenvalue weighted by Gasteiger charge is 2.14. The molecule has 1 saturated heterocycles. The third-order valence-corrected chi connectivity index (χ3v) is 2.56. The van der Waals surface area contributed by atoms with Gasteiger partial charge in [0.1, 0.15) is 6.61 Å². The number of nitrogens with zero attached hydrogens (tertiary/aromatic N) is 2. The van der Waals surface area contributed by atoms with Crippen molar-refractivity contribution in [3.05, 3.63) is 23.9 Å². The first-order valence-electron chi connectivity index (χ1n) is 5.49. The van der Waals surface area contributed by atoms with E-state index in [2.05, 4.69) is 11.1 Å². The van der Waals surface area contributed by atoms with Crippen LogP contribution in [0.5, 0.6) is 5.88 Å². The smallest absolute Gasteiger partial charge is 0.214 e. The lowest BCUT2D eigenvalue weighted by Gasteiger charge is -2.22. The van der Waals surface area contributed by atoms with Crippen LogP contribution in [0.25, 0.3) is 0 Å². The average Bonchev–Trinajstić information content (AvgIpc) is 2.38. The summed E-state index contributed by atoms with van der Waals surface area (Å²) in [5.41, 5.74) is 0.564. The monoisotopic (exact) mass is 218 g/mol. The SMILES string of the molecule is N#Cc1ccnc(OCC2CCCCO2)c1. The minimum atomic E-state index is 0.168. The van der Waals surface area contributed by atoms with Crippen LogP contribution in [0.15, 0.2) is 18.3 Å². The van der Waals surface area contributed by atoms with Crippen LogP contribution in [0.2, 0.25) is 0 Å². The van der Waals surface area contributed by atoms with Gasteiger partial charge in [0, 0.05) is 18.9 Å². The van der Waals surface area contributed by atoms with Gasteiger partial charge in [0.2, 0.25) is 5.88 Å². The summed E-state index contributed by atoms with van der Waals surface area (Å²) in [4.78, 5) is 4.04. The van der Waals surface area contributed by atoms with E-state index < -0.39 is 0 Å². The largest absolute Gasteiger partial charge is 0.475 e. The predicted octanol–water partition coefficient (Wildman–Crippen LogP) is 1.90. The zero-order chi connectivity index (χ0) is 11.2. The van der Waals surface area contributed by atoms with Crippen molar-refractivity contribution >= 4 is 0 Å². The molecule has 1 unspecified atom stereocenters. The molecule has 84 valence electrons. The van der Waals surface area contributed by atoms with E-state index in [0.29, 0.717) is 18.1 Å². The fraction of sp³-hybridized carbons (Fsp3) is 0.500. The summed E-state index contributed by atoms with van der Waals surface area (Å²) >= 11 is 0. The Morgan fingerprint density at radius 3 is 3.25 bits per heavy atom. The number of hydrogen-bond donors (Lipinski definition) is 0. The molecule has 16 heavy (non-hydrogen) atoms. The third-order valence-electron chi connectivity index (χ3n) is 2.56. The Bertz CT molecular complexity index is 381. The summed E-state index contributed by atoms with van der Waals surface area (Å²) in [6, 6.07) is 5.35. The Kier molecular flexibility index (Phi) is 3.73. The minimum Gasteiger partial charge on any atom is -0.475 e. The molecule has 0 N–H and O–H groups in total. The van der Waals surface area contributed by atoms with Crippen LogP contribution in [0, 0.1) is 11.3 Å². The van der Waals surface area contributed by atoms with E-state index in [0.717, 1.165) is 19.4 Å². The topological polar surface area (TPSA) is 55.1 Å². The molecule has 1 atom stereocenters. The zero-order valence-electron chi connectivity index (χ0n) is 9.06. The highest BCUT2D eigenvalue weighted by atomic mass is 16.5. The first-order chi connectivity index (χ1) is 7.88. The molecule has 0 aliphatic carbocycles. The Labute approximate surface area is 94.8 Å². The number of hydrogen-bond acceptors (Lipinski definition) is 4. The van der Waals surface area contributed by atoms with Gasteiger partial charge in [-0.05, 0) is 25.3 Å². The van der Waals surface area contributed by atoms with Crippen LogP contribution >= 0.6 is 0 Å². The van der Waals surface area contributed by atoms with Crippen molar-refractivity contribution in [2.45, 2.75) is 25.4 Å². The molecule has 1 aliphatic rings. The van der Waals surface area contributed by atoms with Crippen LogP contribution in [0.1, 0.15) is 24.8 Å². The van der Waals surface area contributed by atoms with Gasteiger partial charge in [-0.2, -0.15) is 5.26 Å². The molecule has 1 aromatic heterocycles. The standard InChI is InChI=1S/C12H14N2O2/c13-8-10-4-5-14-12(7-10)16-9-11-3-1-2-6-15-11/h4-5,7,11H,1-3,6,9H2. The minimum absolute atomic E-state index is 0.168. The number of aromatic nitrogens is 1. The molecule has 0 bridgehead atoms. The molecule has 4 heteroatoms. The van der Waals surface area contributed by atoms with Crippen molar-refractivity contribution in [2.24, 2.45) is 0 Å². The molecular weight excluding hydrogens is 204 g/mol. The molecule has 1 aromatic rings. The quantitative estimate of drug-likeness (QED) is 0.777. The normalized spacial score (nSPS) is 20.1. The molecule has 0 spiro atoms. The number of nitriles is 1. The van der Waals surface area contributed by atoms with E-state index in [1.54, 1.807) is 18.3 Å². The molecule has 1 fully saturated rings. The van der Waals surface area contributed by atoms with Gasteiger partial charge in [-0.15, -0.1) is 0 Å². The van der Waals surface area contributed by atoms with Gasteiger partial charge in [-0.3, -0.25) is 0 Å². The van der Waals surface area contributed by atoms with Crippen molar-refractivity contribution in [3.8, 4) is 11.9 Å². The van der Waals surface area contributed by atoms with Crippen LogP contribution in [-0.4, -0.2) is 24.3 Å².